The molecular formula is C22H24N4O3. The van der Waals surface area contributed by atoms with Crippen LogP contribution < -0.4 is 5.32 Å². The Kier molecular flexibility index (Phi) is 5.97. The van der Waals surface area contributed by atoms with Crippen molar-refractivity contribution in [1.82, 2.24) is 20.4 Å². The summed E-state index contributed by atoms with van der Waals surface area (Å²) in [5.41, 5.74) is 3.39. The van der Waals surface area contributed by atoms with Crippen molar-refractivity contribution in [3.63, 3.8) is 0 Å². The molecule has 1 aliphatic heterocycles. The van der Waals surface area contributed by atoms with E-state index in [2.05, 4.69) is 20.4 Å². The number of rotatable bonds is 6. The van der Waals surface area contributed by atoms with Gasteiger partial charge in [0.2, 0.25) is 0 Å². The summed E-state index contributed by atoms with van der Waals surface area (Å²) in [6.45, 7) is 5.49. The van der Waals surface area contributed by atoms with E-state index in [1.165, 1.54) is 0 Å². The number of aromatic nitrogens is 2. The number of morpholine rings is 1. The Morgan fingerprint density at radius 3 is 2.72 bits per heavy atom. The highest BCUT2D eigenvalue weighted by atomic mass is 16.5. The van der Waals surface area contributed by atoms with E-state index in [0.717, 1.165) is 29.8 Å². The van der Waals surface area contributed by atoms with Gasteiger partial charge in [0.15, 0.2) is 11.5 Å². The maximum Gasteiger partial charge on any atom is 0.273 e. The normalized spacial score (nSPS) is 15.8. The number of ether oxygens (including phenoxy) is 1. The van der Waals surface area contributed by atoms with Gasteiger partial charge >= 0.3 is 0 Å². The highest BCUT2D eigenvalue weighted by Crippen LogP contribution is 2.22. The van der Waals surface area contributed by atoms with Crippen molar-refractivity contribution < 1.29 is 14.1 Å². The predicted molar refractivity (Wildman–Crippen MR) is 108 cm³/mol. The summed E-state index contributed by atoms with van der Waals surface area (Å²) in [5.74, 6) is 0.321. The van der Waals surface area contributed by atoms with Crippen LogP contribution in [0, 0.1) is 6.92 Å². The second-order valence-corrected chi connectivity index (χ2v) is 7.10. The lowest BCUT2D eigenvalue weighted by atomic mass is 10.1. The SMILES string of the molecule is Cc1ccc(-c2cc(C(=O)NCC(c3cccnc3)N3CCOCC3)no2)cc1. The van der Waals surface area contributed by atoms with Gasteiger partial charge in [-0.1, -0.05) is 41.1 Å². The molecule has 1 aromatic carbocycles. The number of hydrogen-bond donors (Lipinski definition) is 1. The van der Waals surface area contributed by atoms with Crippen LogP contribution in [0.3, 0.4) is 0 Å². The Hall–Kier alpha value is -3.03. The number of hydrogen-bond acceptors (Lipinski definition) is 6. The molecule has 7 heteroatoms. The summed E-state index contributed by atoms with van der Waals surface area (Å²) >= 11 is 0. The Labute approximate surface area is 169 Å². The lowest BCUT2D eigenvalue weighted by molar-refractivity contribution is 0.0161. The van der Waals surface area contributed by atoms with E-state index in [9.17, 15) is 4.79 Å². The number of nitrogens with one attached hydrogen (secondary N) is 1. The van der Waals surface area contributed by atoms with Crippen LogP contribution in [-0.2, 0) is 4.74 Å². The molecular weight excluding hydrogens is 368 g/mol. The van der Waals surface area contributed by atoms with Crippen molar-refractivity contribution in [3.8, 4) is 11.3 Å². The number of pyridine rings is 1. The summed E-state index contributed by atoms with van der Waals surface area (Å²) in [4.78, 5) is 19.2. The first-order valence-corrected chi connectivity index (χ1v) is 9.74. The van der Waals surface area contributed by atoms with Crippen molar-refractivity contribution in [1.29, 1.82) is 0 Å². The first-order chi connectivity index (χ1) is 14.2. The van der Waals surface area contributed by atoms with Gasteiger partial charge in [0.1, 0.15) is 0 Å². The molecule has 0 bridgehead atoms. The average molecular weight is 392 g/mol. The standard InChI is InChI=1S/C22H24N4O3/c1-16-4-6-17(7-5-16)21-13-19(25-29-21)22(27)24-15-20(18-3-2-8-23-14-18)26-9-11-28-12-10-26/h2-8,13-14,20H,9-12,15H2,1H3,(H,24,27). The molecule has 7 nitrogen and oxygen atoms in total. The fraction of sp³-hybridized carbons (Fsp3) is 0.318. The van der Waals surface area contributed by atoms with Crippen molar-refractivity contribution in [3.05, 3.63) is 71.7 Å². The lowest BCUT2D eigenvalue weighted by Gasteiger charge is -2.34. The maximum absolute atomic E-state index is 12.7. The van der Waals surface area contributed by atoms with Gasteiger partial charge in [-0.05, 0) is 18.6 Å². The molecule has 0 radical (unpaired) electrons. The number of carbonyl (C=O) groups excluding carboxylic acids is 1. The number of nitrogens with zero attached hydrogens (tertiary/aromatic N) is 3. The van der Waals surface area contributed by atoms with Gasteiger partial charge < -0.3 is 14.6 Å². The molecule has 150 valence electrons. The molecule has 1 unspecified atom stereocenters. The summed E-state index contributed by atoms with van der Waals surface area (Å²) in [5, 5.41) is 6.94. The summed E-state index contributed by atoms with van der Waals surface area (Å²) in [6.07, 6.45) is 3.60. The van der Waals surface area contributed by atoms with Crippen molar-refractivity contribution in [2.45, 2.75) is 13.0 Å². The fourth-order valence-electron chi connectivity index (χ4n) is 3.44. The Balaban J connectivity index is 1.44. The van der Waals surface area contributed by atoms with E-state index in [1.54, 1.807) is 12.3 Å². The van der Waals surface area contributed by atoms with Crippen LogP contribution in [0.25, 0.3) is 11.3 Å². The third kappa shape index (κ3) is 4.70. The molecule has 3 aromatic rings. The quantitative estimate of drug-likeness (QED) is 0.695. The van der Waals surface area contributed by atoms with Crippen molar-refractivity contribution >= 4 is 5.91 Å². The van der Waals surface area contributed by atoms with Crippen LogP contribution in [0.5, 0.6) is 0 Å². The maximum atomic E-state index is 12.7. The molecule has 0 spiro atoms. The first kappa shape index (κ1) is 19.3. The molecule has 1 fully saturated rings. The van der Waals surface area contributed by atoms with E-state index in [1.807, 2.05) is 49.5 Å². The molecule has 1 aliphatic rings. The number of carbonyl (C=O) groups is 1. The van der Waals surface area contributed by atoms with Gasteiger partial charge in [0, 0.05) is 43.7 Å². The first-order valence-electron chi connectivity index (χ1n) is 9.74. The topological polar surface area (TPSA) is 80.5 Å². The fourth-order valence-corrected chi connectivity index (χ4v) is 3.44. The van der Waals surface area contributed by atoms with E-state index in [4.69, 9.17) is 9.26 Å². The lowest BCUT2D eigenvalue weighted by Crippen LogP contribution is -2.43. The van der Waals surface area contributed by atoms with Crippen LogP contribution in [0.1, 0.15) is 27.7 Å². The second-order valence-electron chi connectivity index (χ2n) is 7.10. The van der Waals surface area contributed by atoms with Crippen LogP contribution in [0.2, 0.25) is 0 Å². The second kappa shape index (κ2) is 8.98. The van der Waals surface area contributed by atoms with Gasteiger partial charge in [0.05, 0.1) is 19.3 Å². The van der Waals surface area contributed by atoms with Gasteiger partial charge in [-0.15, -0.1) is 0 Å². The minimum atomic E-state index is -0.255. The molecule has 3 heterocycles. The Morgan fingerprint density at radius 2 is 2.00 bits per heavy atom. The van der Waals surface area contributed by atoms with Crippen LogP contribution in [0.4, 0.5) is 0 Å². The largest absolute Gasteiger partial charge is 0.379 e. The molecule has 0 aliphatic carbocycles. The third-order valence-electron chi connectivity index (χ3n) is 5.09. The predicted octanol–water partition coefficient (Wildman–Crippen LogP) is 2.85. The van der Waals surface area contributed by atoms with Crippen LogP contribution in [0.15, 0.2) is 59.4 Å². The zero-order valence-corrected chi connectivity index (χ0v) is 16.4. The Bertz CT molecular complexity index is 934. The van der Waals surface area contributed by atoms with Crippen molar-refractivity contribution in [2.75, 3.05) is 32.8 Å². The molecule has 1 amide bonds. The molecule has 4 rings (SSSR count). The Morgan fingerprint density at radius 1 is 1.21 bits per heavy atom. The number of aryl methyl sites for hydroxylation is 1. The van der Waals surface area contributed by atoms with Crippen LogP contribution >= 0.6 is 0 Å². The average Bonchev–Trinajstić information content (AvgIpc) is 3.26. The van der Waals surface area contributed by atoms with E-state index in [0.29, 0.717) is 25.5 Å². The zero-order chi connectivity index (χ0) is 20.1. The molecule has 29 heavy (non-hydrogen) atoms. The van der Waals surface area contributed by atoms with E-state index >= 15 is 0 Å². The minimum absolute atomic E-state index is 0.0278. The molecule has 2 aromatic heterocycles. The number of amides is 1. The zero-order valence-electron chi connectivity index (χ0n) is 16.4. The monoisotopic (exact) mass is 392 g/mol. The summed E-state index contributed by atoms with van der Waals surface area (Å²) in [6, 6.07) is 13.6. The molecule has 1 saturated heterocycles. The smallest absolute Gasteiger partial charge is 0.273 e. The minimum Gasteiger partial charge on any atom is -0.379 e. The summed E-state index contributed by atoms with van der Waals surface area (Å²) < 4.78 is 10.8. The van der Waals surface area contributed by atoms with Gasteiger partial charge in [-0.3, -0.25) is 14.7 Å². The molecule has 1 N–H and O–H groups in total. The molecule has 1 atom stereocenters. The highest BCUT2D eigenvalue weighted by Gasteiger charge is 2.24. The van der Waals surface area contributed by atoms with Gasteiger partial charge in [-0.2, -0.15) is 0 Å². The summed E-state index contributed by atoms with van der Waals surface area (Å²) in [7, 11) is 0. The van der Waals surface area contributed by atoms with E-state index < -0.39 is 0 Å². The van der Waals surface area contributed by atoms with Gasteiger partial charge in [0.25, 0.3) is 5.91 Å². The third-order valence-corrected chi connectivity index (χ3v) is 5.09. The van der Waals surface area contributed by atoms with Gasteiger partial charge in [-0.25, -0.2) is 0 Å². The van der Waals surface area contributed by atoms with Crippen LogP contribution in [-0.4, -0.2) is 53.8 Å². The molecule has 0 saturated carbocycles. The number of benzene rings is 1. The van der Waals surface area contributed by atoms with E-state index in [-0.39, 0.29) is 17.6 Å². The highest BCUT2D eigenvalue weighted by molar-refractivity contribution is 5.93. The van der Waals surface area contributed by atoms with Crippen molar-refractivity contribution in [2.24, 2.45) is 0 Å².